The van der Waals surface area contributed by atoms with Crippen molar-refractivity contribution in [3.8, 4) is 11.8 Å². The monoisotopic (exact) mass is 592 g/mol. The third-order valence-corrected chi connectivity index (χ3v) is 10.7. The summed E-state index contributed by atoms with van der Waals surface area (Å²) in [5.74, 6) is 0.582. The number of pyridine rings is 1. The van der Waals surface area contributed by atoms with Crippen LogP contribution in [0.5, 0.6) is 5.75 Å². The molecular formula is C25H24FN3O5PS3+. The second-order valence-electron chi connectivity index (χ2n) is 8.25. The van der Waals surface area contributed by atoms with Crippen LogP contribution >= 0.6 is 30.7 Å². The zero-order valence-corrected chi connectivity index (χ0v) is 23.3. The number of aromatic nitrogens is 1. The Morgan fingerprint density at radius 2 is 1.95 bits per heavy atom. The van der Waals surface area contributed by atoms with Crippen LogP contribution in [0.2, 0.25) is 0 Å². The molecule has 38 heavy (non-hydrogen) atoms. The third-order valence-electron chi connectivity index (χ3n) is 5.34. The van der Waals surface area contributed by atoms with E-state index in [0.717, 1.165) is 69.7 Å². The van der Waals surface area contributed by atoms with Crippen molar-refractivity contribution in [3.05, 3.63) is 90.0 Å². The first kappa shape index (κ1) is 28.2. The van der Waals surface area contributed by atoms with Crippen LogP contribution in [0.15, 0.2) is 77.3 Å². The fourth-order valence-electron chi connectivity index (χ4n) is 3.47. The van der Waals surface area contributed by atoms with Crippen LogP contribution in [0.3, 0.4) is 0 Å². The van der Waals surface area contributed by atoms with Gasteiger partial charge in [-0.3, -0.25) is 0 Å². The number of benzene rings is 2. The van der Waals surface area contributed by atoms with Crippen LogP contribution in [0, 0.1) is 17.1 Å². The number of halogens is 1. The average molecular weight is 593 g/mol. The van der Waals surface area contributed by atoms with Gasteiger partial charge >= 0.3 is 7.60 Å². The molecular weight excluding hydrogens is 568 g/mol. The Labute approximate surface area is 228 Å². The fourth-order valence-corrected chi connectivity index (χ4v) is 8.37. The Hall–Kier alpha value is -2.78. The number of nitrogens with zero attached hydrogens (tertiary/aromatic N) is 2. The standard InChI is InChI=1S/C25H23FN3O5PS3/c26-23-15-22(8-7-21(23)16-27)34-35(30,31)18-28-38(32,33)25-14-20-6-5-19(13-24(20)37-25)17-36-12-4-11-29-9-2-1-3-10-29/h1-3,5-10,13-15,28H,4,11-12,17-18H2/p+1. The van der Waals surface area contributed by atoms with Crippen molar-refractivity contribution >= 4 is 50.8 Å². The summed E-state index contributed by atoms with van der Waals surface area (Å²) in [7, 11) is -8.59. The Kier molecular flexibility index (Phi) is 9.20. The molecule has 0 bridgehead atoms. The molecule has 2 aromatic heterocycles. The molecule has 0 aliphatic carbocycles. The molecule has 0 saturated carbocycles. The maximum Gasteiger partial charge on any atom is 0.391 e. The summed E-state index contributed by atoms with van der Waals surface area (Å²) in [4.78, 5) is 10.1. The summed E-state index contributed by atoms with van der Waals surface area (Å²) in [5.41, 5.74) is 0.830. The van der Waals surface area contributed by atoms with E-state index in [0.29, 0.717) is 0 Å². The highest BCUT2D eigenvalue weighted by Gasteiger charge is 2.27. The van der Waals surface area contributed by atoms with E-state index in [1.165, 1.54) is 6.07 Å². The van der Waals surface area contributed by atoms with Gasteiger partial charge < -0.3 is 9.42 Å². The molecule has 0 aliphatic heterocycles. The molecule has 0 amide bonds. The molecule has 198 valence electrons. The Balaban J connectivity index is 1.33. The van der Waals surface area contributed by atoms with Gasteiger partial charge in [-0.2, -0.15) is 21.7 Å². The van der Waals surface area contributed by atoms with E-state index in [1.807, 2.05) is 60.6 Å². The second-order valence-corrected chi connectivity index (χ2v) is 14.2. The summed E-state index contributed by atoms with van der Waals surface area (Å²) in [6.45, 7) is 0.947. The zero-order valence-electron chi connectivity index (χ0n) is 20.0. The van der Waals surface area contributed by atoms with Gasteiger partial charge in [0, 0.05) is 35.1 Å². The number of aryl methyl sites for hydroxylation is 1. The number of sulfonamides is 1. The third kappa shape index (κ3) is 7.63. The van der Waals surface area contributed by atoms with Gasteiger partial charge in [0.1, 0.15) is 34.7 Å². The second kappa shape index (κ2) is 12.4. The first-order valence-corrected chi connectivity index (χ1v) is 16.6. The van der Waals surface area contributed by atoms with E-state index < -0.39 is 29.7 Å². The maximum atomic E-state index is 13.7. The van der Waals surface area contributed by atoms with Crippen molar-refractivity contribution in [1.29, 1.82) is 5.26 Å². The Morgan fingerprint density at radius 1 is 1.16 bits per heavy atom. The smallest absolute Gasteiger partial charge is 0.391 e. The molecule has 2 N–H and O–H groups in total. The lowest BCUT2D eigenvalue weighted by Crippen LogP contribution is -2.32. The van der Waals surface area contributed by atoms with Crippen molar-refractivity contribution in [1.82, 2.24) is 4.72 Å². The number of nitriles is 1. The summed E-state index contributed by atoms with van der Waals surface area (Å²) < 4.78 is 61.7. The van der Waals surface area contributed by atoms with Crippen molar-refractivity contribution in [2.45, 2.75) is 22.9 Å². The summed E-state index contributed by atoms with van der Waals surface area (Å²) >= 11 is 2.87. The molecule has 1 unspecified atom stereocenters. The first-order valence-electron chi connectivity index (χ1n) is 11.4. The number of nitrogens with one attached hydrogen (secondary N) is 1. The zero-order chi connectivity index (χ0) is 27.2. The van der Waals surface area contributed by atoms with Crippen LogP contribution in [0.1, 0.15) is 17.5 Å². The van der Waals surface area contributed by atoms with E-state index in [9.17, 15) is 22.3 Å². The number of thiophene rings is 1. The molecule has 8 nitrogen and oxygen atoms in total. The molecule has 13 heteroatoms. The predicted octanol–water partition coefficient (Wildman–Crippen LogP) is 5.02. The molecule has 4 aromatic rings. The highest BCUT2D eigenvalue weighted by molar-refractivity contribution is 7.98. The molecule has 0 saturated heterocycles. The van der Waals surface area contributed by atoms with Crippen molar-refractivity contribution in [2.24, 2.45) is 0 Å². The minimum atomic E-state index is -4.49. The van der Waals surface area contributed by atoms with Crippen LogP contribution in [-0.2, 0) is 26.9 Å². The van der Waals surface area contributed by atoms with Crippen molar-refractivity contribution in [2.75, 3.05) is 12.0 Å². The summed E-state index contributed by atoms with van der Waals surface area (Å²) in [5, 5.41) is 9.52. The maximum absolute atomic E-state index is 13.7. The van der Waals surface area contributed by atoms with Gasteiger partial charge in [-0.05, 0) is 41.0 Å². The van der Waals surface area contributed by atoms with E-state index in [-0.39, 0.29) is 15.5 Å². The van der Waals surface area contributed by atoms with Gasteiger partial charge in [-0.25, -0.2) is 21.9 Å². The van der Waals surface area contributed by atoms with E-state index in [4.69, 9.17) is 9.79 Å². The Morgan fingerprint density at radius 3 is 2.68 bits per heavy atom. The van der Waals surface area contributed by atoms with Gasteiger partial charge in [-0.15, -0.1) is 11.3 Å². The quantitative estimate of drug-likeness (QED) is 0.135. The minimum absolute atomic E-state index is 0.00149. The Bertz CT molecular complexity index is 1620. The van der Waals surface area contributed by atoms with Gasteiger partial charge in [0.05, 0.1) is 5.56 Å². The molecule has 0 fully saturated rings. The normalized spacial score (nSPS) is 13.2. The van der Waals surface area contributed by atoms with Gasteiger partial charge in [0.2, 0.25) is 0 Å². The van der Waals surface area contributed by atoms with Crippen molar-refractivity contribution in [3.63, 3.8) is 0 Å². The first-order chi connectivity index (χ1) is 18.1. The van der Waals surface area contributed by atoms with Crippen LogP contribution in [-0.4, -0.2) is 25.3 Å². The molecule has 4 rings (SSSR count). The lowest BCUT2D eigenvalue weighted by atomic mass is 10.2. The SMILES string of the molecule is N#Cc1ccc(OP(=O)(O)CNS(=O)(=O)c2cc3ccc(CSCCC[n+]4ccccc4)cc3s2)cc1F. The molecule has 0 aliphatic rings. The molecule has 2 heterocycles. The van der Waals surface area contributed by atoms with Gasteiger partial charge in [0.25, 0.3) is 10.0 Å². The van der Waals surface area contributed by atoms with Gasteiger partial charge in [-0.1, -0.05) is 18.2 Å². The van der Waals surface area contributed by atoms with Crippen LogP contribution in [0.4, 0.5) is 4.39 Å². The van der Waals surface area contributed by atoms with E-state index in [1.54, 1.807) is 6.07 Å². The number of fused-ring (bicyclic) bond motifs is 1. The number of hydrogen-bond acceptors (Lipinski definition) is 7. The molecule has 2 aromatic carbocycles. The summed E-state index contributed by atoms with van der Waals surface area (Å²) in [6, 6.07) is 18.0. The number of hydrogen-bond donors (Lipinski definition) is 2. The minimum Gasteiger partial charge on any atom is -0.424 e. The van der Waals surface area contributed by atoms with Gasteiger partial charge in [0.15, 0.2) is 12.4 Å². The lowest BCUT2D eigenvalue weighted by molar-refractivity contribution is -0.696. The van der Waals surface area contributed by atoms with E-state index in [2.05, 4.69) is 9.29 Å². The predicted molar refractivity (Wildman–Crippen MR) is 146 cm³/mol. The summed E-state index contributed by atoms with van der Waals surface area (Å²) in [6.07, 6.45) is 4.21. The largest absolute Gasteiger partial charge is 0.424 e. The average Bonchev–Trinajstić information content (AvgIpc) is 3.33. The van der Waals surface area contributed by atoms with Crippen molar-refractivity contribution < 1.29 is 31.4 Å². The number of rotatable bonds is 12. The molecule has 0 radical (unpaired) electrons. The molecule has 0 spiro atoms. The van der Waals surface area contributed by atoms with E-state index >= 15 is 0 Å². The lowest BCUT2D eigenvalue weighted by Gasteiger charge is -2.14. The highest BCUT2D eigenvalue weighted by atomic mass is 32.2. The van der Waals surface area contributed by atoms with Crippen LogP contribution in [0.25, 0.3) is 10.1 Å². The topological polar surface area (TPSA) is 120 Å². The number of thioether (sulfide) groups is 1. The fraction of sp³-hybridized carbons (Fsp3) is 0.200. The van der Waals surface area contributed by atoms with Crippen LogP contribution < -0.4 is 13.8 Å². The highest BCUT2D eigenvalue weighted by Crippen LogP contribution is 2.42. The molecule has 1 atom stereocenters.